The Morgan fingerprint density at radius 3 is 2.13 bits per heavy atom. The number of benzene rings is 2. The topological polar surface area (TPSA) is 18.5 Å². The van der Waals surface area contributed by atoms with E-state index in [2.05, 4.69) is 0 Å². The largest absolute Gasteiger partial charge is 0.491 e. The summed E-state index contributed by atoms with van der Waals surface area (Å²) in [5.41, 5.74) is 0.937. The minimum absolute atomic E-state index is 0.00344. The number of hydrogen-bond acceptors (Lipinski definition) is 2. The molecule has 0 spiro atoms. The van der Waals surface area contributed by atoms with Gasteiger partial charge >= 0.3 is 0 Å². The maximum atomic E-state index is 14.4. The molecule has 0 bridgehead atoms. The molecular weight excluding hydrogens is 396 g/mol. The van der Waals surface area contributed by atoms with Crippen LogP contribution in [0.15, 0.2) is 24.3 Å². The molecule has 0 atom stereocenters. The number of ether oxygens (including phenoxy) is 2. The quantitative estimate of drug-likeness (QED) is 0.432. The van der Waals surface area contributed by atoms with Crippen molar-refractivity contribution in [3.05, 3.63) is 64.2 Å². The van der Waals surface area contributed by atoms with E-state index in [0.717, 1.165) is 6.42 Å². The monoisotopic (exact) mass is 424 g/mol. The van der Waals surface area contributed by atoms with E-state index in [0.29, 0.717) is 43.2 Å². The van der Waals surface area contributed by atoms with Gasteiger partial charge in [-0.25, -0.2) is 13.2 Å². The lowest BCUT2D eigenvalue weighted by atomic mass is 9.82. The highest BCUT2D eigenvalue weighted by Gasteiger charge is 2.27. The molecule has 0 amide bonds. The number of aryl methyl sites for hydroxylation is 1. The molecule has 2 nitrogen and oxygen atoms in total. The van der Waals surface area contributed by atoms with Crippen LogP contribution in [0, 0.1) is 23.3 Å². The van der Waals surface area contributed by atoms with Crippen LogP contribution in [0.25, 0.3) is 0 Å². The fourth-order valence-electron chi connectivity index (χ4n) is 4.08. The van der Waals surface area contributed by atoms with Crippen LogP contribution < -0.4 is 4.74 Å². The molecule has 2 aromatic rings. The Bertz CT molecular complexity index is 861. The summed E-state index contributed by atoms with van der Waals surface area (Å²) in [5, 5.41) is 0. The third-order valence-electron chi connectivity index (χ3n) is 5.73. The van der Waals surface area contributed by atoms with Crippen molar-refractivity contribution in [3.8, 4) is 5.75 Å². The highest BCUT2D eigenvalue weighted by molar-refractivity contribution is 5.33. The smallest absolute Gasteiger partial charge is 0.200 e. The van der Waals surface area contributed by atoms with Crippen molar-refractivity contribution in [1.82, 2.24) is 0 Å². The molecule has 1 fully saturated rings. The highest BCUT2D eigenvalue weighted by atomic mass is 19.2. The summed E-state index contributed by atoms with van der Waals surface area (Å²) >= 11 is 0. The lowest BCUT2D eigenvalue weighted by Gasteiger charge is -2.29. The van der Waals surface area contributed by atoms with E-state index in [1.54, 1.807) is 25.1 Å². The standard InChI is InChI=1S/C24H28F4O2/c1-3-5-16-6-7-17(22(26)21(16)25)14-30-18-10-8-15(9-11-18)19-12-13-20(29-4-2)24(28)23(19)27/h6-7,12-13,15,18H,3-5,8-11,14H2,1-2H3. The fraction of sp³-hybridized carbons (Fsp3) is 0.500. The van der Waals surface area contributed by atoms with Crippen LogP contribution in [0.2, 0.25) is 0 Å². The average Bonchev–Trinajstić information content (AvgIpc) is 2.75. The summed E-state index contributed by atoms with van der Waals surface area (Å²) in [6.45, 7) is 3.89. The SMILES string of the molecule is CCCc1ccc(COC2CCC(c3ccc(OCC)c(F)c3F)CC2)c(F)c1F. The predicted molar refractivity (Wildman–Crippen MR) is 108 cm³/mol. The maximum absolute atomic E-state index is 14.4. The van der Waals surface area contributed by atoms with E-state index < -0.39 is 23.3 Å². The van der Waals surface area contributed by atoms with E-state index in [1.807, 2.05) is 6.92 Å². The molecule has 30 heavy (non-hydrogen) atoms. The molecule has 1 aliphatic rings. The van der Waals surface area contributed by atoms with Gasteiger partial charge in [0.2, 0.25) is 5.82 Å². The zero-order chi connectivity index (χ0) is 21.7. The number of halogens is 4. The molecule has 0 heterocycles. The Morgan fingerprint density at radius 1 is 0.800 bits per heavy atom. The first kappa shape index (κ1) is 22.6. The van der Waals surface area contributed by atoms with Gasteiger partial charge in [0.25, 0.3) is 0 Å². The Hall–Kier alpha value is -2.08. The van der Waals surface area contributed by atoms with Gasteiger partial charge in [0.15, 0.2) is 23.2 Å². The van der Waals surface area contributed by atoms with Crippen molar-refractivity contribution in [3.63, 3.8) is 0 Å². The molecule has 164 valence electrons. The van der Waals surface area contributed by atoms with Gasteiger partial charge in [-0.3, -0.25) is 0 Å². The van der Waals surface area contributed by atoms with Crippen molar-refractivity contribution < 1.29 is 27.0 Å². The number of hydrogen-bond donors (Lipinski definition) is 0. The van der Waals surface area contributed by atoms with Gasteiger partial charge < -0.3 is 9.47 Å². The molecular formula is C24H28F4O2. The molecule has 1 aliphatic carbocycles. The van der Waals surface area contributed by atoms with Crippen molar-refractivity contribution >= 4 is 0 Å². The second-order valence-corrected chi connectivity index (χ2v) is 7.76. The first-order valence-electron chi connectivity index (χ1n) is 10.6. The van der Waals surface area contributed by atoms with Gasteiger partial charge in [-0.2, -0.15) is 4.39 Å². The predicted octanol–water partition coefficient (Wildman–Crippen LogP) is 6.84. The zero-order valence-electron chi connectivity index (χ0n) is 17.4. The van der Waals surface area contributed by atoms with Gasteiger partial charge in [-0.05, 0) is 62.1 Å². The van der Waals surface area contributed by atoms with E-state index in [1.165, 1.54) is 6.07 Å². The lowest BCUT2D eigenvalue weighted by molar-refractivity contribution is 0.0116. The van der Waals surface area contributed by atoms with Crippen LogP contribution in [0.4, 0.5) is 17.6 Å². The number of rotatable bonds is 8. The van der Waals surface area contributed by atoms with Crippen LogP contribution in [0.3, 0.4) is 0 Å². The molecule has 0 aliphatic heterocycles. The molecule has 2 aromatic carbocycles. The minimum atomic E-state index is -0.947. The molecule has 1 saturated carbocycles. The molecule has 3 rings (SSSR count). The molecule has 0 N–H and O–H groups in total. The fourth-order valence-corrected chi connectivity index (χ4v) is 4.08. The molecule has 6 heteroatoms. The summed E-state index contributed by atoms with van der Waals surface area (Å²) in [7, 11) is 0. The average molecular weight is 424 g/mol. The van der Waals surface area contributed by atoms with Crippen molar-refractivity contribution in [2.45, 2.75) is 71.0 Å². The summed E-state index contributed by atoms with van der Waals surface area (Å²) in [6.07, 6.45) is 3.70. The summed E-state index contributed by atoms with van der Waals surface area (Å²) in [6, 6.07) is 6.25. The van der Waals surface area contributed by atoms with Crippen molar-refractivity contribution in [1.29, 1.82) is 0 Å². The first-order chi connectivity index (χ1) is 14.5. The van der Waals surface area contributed by atoms with Crippen LogP contribution in [0.5, 0.6) is 5.75 Å². The Morgan fingerprint density at radius 2 is 1.47 bits per heavy atom. The molecule has 0 unspecified atom stereocenters. The van der Waals surface area contributed by atoms with Gasteiger partial charge in [0, 0.05) is 5.56 Å². The minimum Gasteiger partial charge on any atom is -0.491 e. The molecule has 0 saturated heterocycles. The van der Waals surface area contributed by atoms with Crippen LogP contribution in [-0.2, 0) is 17.8 Å². The van der Waals surface area contributed by atoms with Crippen LogP contribution >= 0.6 is 0 Å². The summed E-state index contributed by atoms with van der Waals surface area (Å²) in [5.74, 6) is -3.62. The van der Waals surface area contributed by atoms with E-state index in [-0.39, 0.29) is 36.5 Å². The van der Waals surface area contributed by atoms with Gasteiger partial charge in [-0.1, -0.05) is 31.5 Å². The van der Waals surface area contributed by atoms with Crippen molar-refractivity contribution in [2.24, 2.45) is 0 Å². The van der Waals surface area contributed by atoms with Gasteiger partial charge in [-0.15, -0.1) is 0 Å². The third-order valence-corrected chi connectivity index (χ3v) is 5.73. The van der Waals surface area contributed by atoms with Gasteiger partial charge in [0.05, 0.1) is 19.3 Å². The normalized spacial score (nSPS) is 19.1. The molecule has 0 radical (unpaired) electrons. The highest BCUT2D eigenvalue weighted by Crippen LogP contribution is 2.37. The van der Waals surface area contributed by atoms with E-state index in [9.17, 15) is 17.6 Å². The lowest BCUT2D eigenvalue weighted by Crippen LogP contribution is -2.22. The summed E-state index contributed by atoms with van der Waals surface area (Å²) in [4.78, 5) is 0. The van der Waals surface area contributed by atoms with E-state index >= 15 is 0 Å². The van der Waals surface area contributed by atoms with Crippen LogP contribution in [-0.4, -0.2) is 12.7 Å². The molecule has 0 aromatic heterocycles. The Balaban J connectivity index is 1.57. The Kier molecular flexibility index (Phi) is 7.75. The maximum Gasteiger partial charge on any atom is 0.200 e. The zero-order valence-corrected chi connectivity index (χ0v) is 17.4. The second-order valence-electron chi connectivity index (χ2n) is 7.76. The van der Waals surface area contributed by atoms with E-state index in [4.69, 9.17) is 9.47 Å². The van der Waals surface area contributed by atoms with Gasteiger partial charge in [0.1, 0.15) is 0 Å². The summed E-state index contributed by atoms with van der Waals surface area (Å²) < 4.78 is 67.8. The third kappa shape index (κ3) is 4.97. The van der Waals surface area contributed by atoms with Crippen LogP contribution in [0.1, 0.15) is 68.6 Å². The first-order valence-corrected chi connectivity index (χ1v) is 10.6. The Labute approximate surface area is 175 Å². The van der Waals surface area contributed by atoms with Crippen molar-refractivity contribution in [2.75, 3.05) is 6.61 Å². The second kappa shape index (κ2) is 10.3.